The molecule has 2 heterocycles. The van der Waals surface area contributed by atoms with Gasteiger partial charge in [0, 0.05) is 24.4 Å². The predicted octanol–water partition coefficient (Wildman–Crippen LogP) is 8.10. The minimum atomic E-state index is -3.71. The Morgan fingerprint density at radius 2 is 1.50 bits per heavy atom. The van der Waals surface area contributed by atoms with E-state index in [1.165, 1.54) is 12.1 Å². The van der Waals surface area contributed by atoms with E-state index in [0.29, 0.717) is 52.4 Å². The van der Waals surface area contributed by atoms with Crippen molar-refractivity contribution < 1.29 is 36.9 Å². The van der Waals surface area contributed by atoms with Gasteiger partial charge < -0.3 is 23.7 Å². The number of Topliss-reactive ketones (excluding diaryl/α,β-unsaturated/α-hetero) is 1. The van der Waals surface area contributed by atoms with Crippen LogP contribution in [0.3, 0.4) is 0 Å². The highest BCUT2D eigenvalue weighted by atomic mass is 32.2. The van der Waals surface area contributed by atoms with Gasteiger partial charge in [0.25, 0.3) is 0 Å². The van der Waals surface area contributed by atoms with Crippen LogP contribution in [0.15, 0.2) is 95.9 Å². The molecule has 4 aromatic carbocycles. The summed E-state index contributed by atoms with van der Waals surface area (Å²) in [6.45, 7) is 6.66. The quantitative estimate of drug-likeness (QED) is 0.126. The summed E-state index contributed by atoms with van der Waals surface area (Å²) in [6, 6.07) is 26.8. The molecule has 252 valence electrons. The highest BCUT2D eigenvalue weighted by Crippen LogP contribution is 2.40. The minimum absolute atomic E-state index is 0.104. The van der Waals surface area contributed by atoms with Gasteiger partial charge in [-0.3, -0.25) is 4.79 Å². The van der Waals surface area contributed by atoms with Crippen LogP contribution in [0.1, 0.15) is 68.3 Å². The Morgan fingerprint density at radius 3 is 2.29 bits per heavy atom. The van der Waals surface area contributed by atoms with E-state index in [2.05, 4.69) is 18.6 Å². The van der Waals surface area contributed by atoms with Crippen LogP contribution in [0, 0.1) is 11.8 Å². The molecule has 9 nitrogen and oxygen atoms in total. The third kappa shape index (κ3) is 8.11. The maximum absolute atomic E-state index is 13.0. The van der Waals surface area contributed by atoms with Crippen molar-refractivity contribution >= 4 is 15.8 Å². The van der Waals surface area contributed by atoms with Crippen LogP contribution in [0.25, 0.3) is 0 Å². The van der Waals surface area contributed by atoms with E-state index in [0.717, 1.165) is 24.8 Å². The van der Waals surface area contributed by atoms with Crippen LogP contribution in [0.4, 0.5) is 0 Å². The van der Waals surface area contributed by atoms with E-state index in [1.807, 2.05) is 55.5 Å². The van der Waals surface area contributed by atoms with Crippen LogP contribution in [0.5, 0.6) is 34.5 Å². The molecule has 0 aromatic heterocycles. The molecule has 0 amide bonds. The van der Waals surface area contributed by atoms with Gasteiger partial charge in [-0.1, -0.05) is 51.5 Å². The number of carbonyl (C=O) groups excluding carboxylic acids is 1. The number of benzene rings is 4. The summed E-state index contributed by atoms with van der Waals surface area (Å²) in [5, 5.41) is 0. The Balaban J connectivity index is 0.945. The van der Waals surface area contributed by atoms with E-state index in [9.17, 15) is 13.2 Å². The Bertz CT molecular complexity index is 1830. The standard InChI is InChI=1S/C38H41NO8S/c1-25(10-18-33(40)29-13-19-34-36(22-29)44-24-43-34)9-11-26(2)38-46-35-20-12-28(21-37(35)47-38)27(3)23-39-48(41,42)32-16-14-31(15-17-32)45-30-7-5-4-6-8-30/h4-8,12-17,19-22,25-27,38-39H,9-11,18,23-24H2,1-3H3. The van der Waals surface area contributed by atoms with E-state index in [-0.39, 0.29) is 35.9 Å². The SMILES string of the molecule is CC(CCC(=O)c1ccc2c(c1)OCO2)CCC(C)C1Oc2ccc(C(C)CNS(=O)(=O)c3ccc(Oc4ccccc4)cc3)cc2O1. The molecular formula is C38H41NO8S. The molecule has 0 saturated carbocycles. The first-order valence-electron chi connectivity index (χ1n) is 16.4. The van der Waals surface area contributed by atoms with E-state index in [1.54, 1.807) is 30.3 Å². The summed E-state index contributed by atoms with van der Waals surface area (Å²) in [5.41, 5.74) is 1.59. The fraction of sp³-hybridized carbons (Fsp3) is 0.342. The Labute approximate surface area is 282 Å². The molecule has 4 aromatic rings. The Kier molecular flexibility index (Phi) is 10.2. The molecule has 4 atom stereocenters. The maximum Gasteiger partial charge on any atom is 0.244 e. The molecular weight excluding hydrogens is 630 g/mol. The number of hydrogen-bond acceptors (Lipinski definition) is 8. The van der Waals surface area contributed by atoms with E-state index < -0.39 is 16.3 Å². The average molecular weight is 672 g/mol. The zero-order chi connectivity index (χ0) is 33.7. The number of hydrogen-bond donors (Lipinski definition) is 1. The van der Waals surface area contributed by atoms with Crippen molar-refractivity contribution in [2.45, 2.75) is 63.6 Å². The maximum atomic E-state index is 13.0. The topological polar surface area (TPSA) is 109 Å². The zero-order valence-corrected chi connectivity index (χ0v) is 28.2. The van der Waals surface area contributed by atoms with Crippen molar-refractivity contribution in [1.82, 2.24) is 4.72 Å². The van der Waals surface area contributed by atoms with Gasteiger partial charge in [-0.15, -0.1) is 0 Å². The smallest absolute Gasteiger partial charge is 0.244 e. The van der Waals surface area contributed by atoms with E-state index >= 15 is 0 Å². The summed E-state index contributed by atoms with van der Waals surface area (Å²) < 4.78 is 57.6. The highest BCUT2D eigenvalue weighted by Gasteiger charge is 2.30. The number of carbonyl (C=O) groups is 1. The summed E-state index contributed by atoms with van der Waals surface area (Å²) in [4.78, 5) is 12.9. The Hall–Kier alpha value is -4.54. The van der Waals surface area contributed by atoms with Crippen molar-refractivity contribution in [2.75, 3.05) is 13.3 Å². The molecule has 0 spiro atoms. The van der Waals surface area contributed by atoms with Crippen LogP contribution in [-0.4, -0.2) is 33.8 Å². The van der Waals surface area contributed by atoms with Crippen molar-refractivity contribution in [3.63, 3.8) is 0 Å². The molecule has 0 saturated heterocycles. The number of fused-ring (bicyclic) bond motifs is 2. The highest BCUT2D eigenvalue weighted by molar-refractivity contribution is 7.89. The number of para-hydroxylation sites is 1. The largest absolute Gasteiger partial charge is 0.457 e. The molecule has 0 fully saturated rings. The van der Waals surface area contributed by atoms with Crippen molar-refractivity contribution in [1.29, 1.82) is 0 Å². The van der Waals surface area contributed by atoms with Gasteiger partial charge in [0.2, 0.25) is 23.1 Å². The molecule has 10 heteroatoms. The normalized spacial score (nSPS) is 16.7. The van der Waals surface area contributed by atoms with Crippen LogP contribution < -0.4 is 28.4 Å². The lowest BCUT2D eigenvalue weighted by Crippen LogP contribution is -2.27. The fourth-order valence-corrected chi connectivity index (χ4v) is 6.82. The summed E-state index contributed by atoms with van der Waals surface area (Å²) in [7, 11) is -3.71. The number of rotatable bonds is 15. The van der Waals surface area contributed by atoms with Crippen LogP contribution in [0.2, 0.25) is 0 Å². The lowest BCUT2D eigenvalue weighted by molar-refractivity contribution is -0.00229. The average Bonchev–Trinajstić information content (AvgIpc) is 3.76. The second-order valence-corrected chi connectivity index (χ2v) is 14.4. The first-order valence-corrected chi connectivity index (χ1v) is 17.9. The van der Waals surface area contributed by atoms with E-state index in [4.69, 9.17) is 23.7 Å². The molecule has 0 aliphatic carbocycles. The second kappa shape index (κ2) is 14.7. The van der Waals surface area contributed by atoms with Crippen molar-refractivity contribution in [3.05, 3.63) is 102 Å². The second-order valence-electron chi connectivity index (χ2n) is 12.6. The zero-order valence-electron chi connectivity index (χ0n) is 27.4. The molecule has 2 aliphatic rings. The third-order valence-electron chi connectivity index (χ3n) is 8.85. The molecule has 6 rings (SSSR count). The van der Waals surface area contributed by atoms with Gasteiger partial charge in [0.05, 0.1) is 4.90 Å². The fourth-order valence-electron chi connectivity index (χ4n) is 5.69. The first kappa shape index (κ1) is 33.4. The number of nitrogens with one attached hydrogen (secondary N) is 1. The van der Waals surface area contributed by atoms with Crippen LogP contribution >= 0.6 is 0 Å². The van der Waals surface area contributed by atoms with Crippen LogP contribution in [-0.2, 0) is 10.0 Å². The summed E-state index contributed by atoms with van der Waals surface area (Å²) >= 11 is 0. The lowest BCUT2D eigenvalue weighted by atomic mass is 9.92. The van der Waals surface area contributed by atoms with Gasteiger partial charge in [-0.05, 0) is 97.0 Å². The molecule has 48 heavy (non-hydrogen) atoms. The number of ether oxygens (including phenoxy) is 5. The summed E-state index contributed by atoms with van der Waals surface area (Å²) in [5.74, 6) is 4.39. The van der Waals surface area contributed by atoms with Crippen molar-refractivity contribution in [3.8, 4) is 34.5 Å². The molecule has 2 aliphatic heterocycles. The molecule has 1 N–H and O–H groups in total. The number of sulfonamides is 1. The minimum Gasteiger partial charge on any atom is -0.457 e. The van der Waals surface area contributed by atoms with Gasteiger partial charge in [0.15, 0.2) is 28.8 Å². The van der Waals surface area contributed by atoms with Crippen molar-refractivity contribution in [2.24, 2.45) is 11.8 Å². The molecule has 0 radical (unpaired) electrons. The summed E-state index contributed by atoms with van der Waals surface area (Å²) in [6.07, 6.45) is 2.71. The monoisotopic (exact) mass is 671 g/mol. The van der Waals surface area contributed by atoms with Gasteiger partial charge in [-0.2, -0.15) is 0 Å². The van der Waals surface area contributed by atoms with Gasteiger partial charge in [0.1, 0.15) is 11.5 Å². The molecule has 4 unspecified atom stereocenters. The van der Waals surface area contributed by atoms with Gasteiger partial charge in [-0.25, -0.2) is 13.1 Å². The first-order chi connectivity index (χ1) is 23.1. The van der Waals surface area contributed by atoms with Gasteiger partial charge >= 0.3 is 0 Å². The number of ketones is 1. The lowest BCUT2D eigenvalue weighted by Gasteiger charge is -2.20. The molecule has 0 bridgehead atoms. The Morgan fingerprint density at radius 1 is 0.792 bits per heavy atom. The predicted molar refractivity (Wildman–Crippen MR) is 182 cm³/mol. The third-order valence-corrected chi connectivity index (χ3v) is 10.3.